The van der Waals surface area contributed by atoms with Crippen molar-refractivity contribution in [3.05, 3.63) is 12.2 Å². The van der Waals surface area contributed by atoms with Crippen molar-refractivity contribution in [2.24, 2.45) is 17.8 Å². The van der Waals surface area contributed by atoms with Crippen molar-refractivity contribution >= 4 is 0 Å². The first-order valence-electron chi connectivity index (χ1n) is 9.61. The molecule has 0 aliphatic heterocycles. The van der Waals surface area contributed by atoms with Crippen LogP contribution in [0.3, 0.4) is 0 Å². The lowest BCUT2D eigenvalue weighted by molar-refractivity contribution is 0.00796. The Morgan fingerprint density at radius 2 is 1.43 bits per heavy atom. The molecular weight excluding hydrogens is 256 g/mol. The van der Waals surface area contributed by atoms with Gasteiger partial charge in [-0.25, -0.2) is 0 Å². The zero-order valence-corrected chi connectivity index (χ0v) is 14.4. The van der Waals surface area contributed by atoms with E-state index in [1.807, 2.05) is 0 Å². The number of rotatable bonds is 7. The largest absolute Gasteiger partial charge is 0.378 e. The highest BCUT2D eigenvalue weighted by atomic mass is 16.5. The van der Waals surface area contributed by atoms with Crippen LogP contribution in [-0.2, 0) is 4.74 Å². The summed E-state index contributed by atoms with van der Waals surface area (Å²) >= 11 is 0. The molecule has 0 amide bonds. The van der Waals surface area contributed by atoms with Crippen molar-refractivity contribution in [1.29, 1.82) is 0 Å². The minimum absolute atomic E-state index is 0.578. The van der Waals surface area contributed by atoms with Crippen LogP contribution < -0.4 is 0 Å². The van der Waals surface area contributed by atoms with Crippen LogP contribution in [0.15, 0.2) is 12.2 Å². The van der Waals surface area contributed by atoms with E-state index in [-0.39, 0.29) is 0 Å². The normalized spacial score (nSPS) is 34.4. The molecule has 2 rings (SSSR count). The second kappa shape index (κ2) is 9.66. The van der Waals surface area contributed by atoms with E-state index in [2.05, 4.69) is 26.0 Å². The van der Waals surface area contributed by atoms with E-state index in [4.69, 9.17) is 4.74 Å². The van der Waals surface area contributed by atoms with E-state index < -0.39 is 0 Å². The highest BCUT2D eigenvalue weighted by molar-refractivity contribution is 4.92. The van der Waals surface area contributed by atoms with Crippen molar-refractivity contribution in [3.8, 4) is 0 Å². The van der Waals surface area contributed by atoms with Crippen LogP contribution in [0.4, 0.5) is 0 Å². The van der Waals surface area contributed by atoms with Gasteiger partial charge in [0.2, 0.25) is 0 Å². The van der Waals surface area contributed by atoms with E-state index in [0.29, 0.717) is 6.10 Å². The highest BCUT2D eigenvalue weighted by Crippen LogP contribution is 2.40. The van der Waals surface area contributed by atoms with E-state index in [9.17, 15) is 0 Å². The zero-order valence-electron chi connectivity index (χ0n) is 14.4. The van der Waals surface area contributed by atoms with Crippen LogP contribution in [0.1, 0.15) is 84.5 Å². The number of hydrogen-bond donors (Lipinski definition) is 0. The molecule has 2 saturated carbocycles. The molecule has 2 fully saturated rings. The predicted octanol–water partition coefficient (Wildman–Crippen LogP) is 6.13. The van der Waals surface area contributed by atoms with Crippen molar-refractivity contribution < 1.29 is 4.74 Å². The van der Waals surface area contributed by atoms with E-state index >= 15 is 0 Å². The molecular formula is C20H36O. The Morgan fingerprint density at radius 3 is 2.00 bits per heavy atom. The fourth-order valence-electron chi connectivity index (χ4n) is 4.28. The molecule has 21 heavy (non-hydrogen) atoms. The van der Waals surface area contributed by atoms with Gasteiger partial charge in [0, 0.05) is 6.61 Å². The summed E-state index contributed by atoms with van der Waals surface area (Å²) in [5.41, 5.74) is 0. The van der Waals surface area contributed by atoms with Crippen LogP contribution >= 0.6 is 0 Å². The minimum Gasteiger partial charge on any atom is -0.378 e. The Labute approximate surface area is 132 Å². The molecule has 0 unspecified atom stereocenters. The second-order valence-corrected chi connectivity index (χ2v) is 7.30. The lowest BCUT2D eigenvalue weighted by atomic mass is 9.70. The first-order chi connectivity index (χ1) is 10.3. The summed E-state index contributed by atoms with van der Waals surface area (Å²) in [6.07, 6.45) is 20.6. The number of unbranched alkanes of at least 4 members (excludes halogenated alkanes) is 1. The lowest BCUT2D eigenvalue weighted by Gasteiger charge is -2.37. The summed E-state index contributed by atoms with van der Waals surface area (Å²) in [6, 6.07) is 0. The molecule has 1 heteroatoms. The van der Waals surface area contributed by atoms with Crippen LogP contribution in [0.2, 0.25) is 0 Å². The predicted molar refractivity (Wildman–Crippen MR) is 91.5 cm³/mol. The molecule has 1 nitrogen and oxygen atoms in total. The molecule has 0 bridgehead atoms. The van der Waals surface area contributed by atoms with Crippen molar-refractivity contribution in [3.63, 3.8) is 0 Å². The molecule has 0 saturated heterocycles. The van der Waals surface area contributed by atoms with Gasteiger partial charge in [-0.05, 0) is 82.0 Å². The van der Waals surface area contributed by atoms with Gasteiger partial charge in [-0.3, -0.25) is 0 Å². The monoisotopic (exact) mass is 292 g/mol. The van der Waals surface area contributed by atoms with Gasteiger partial charge in [0.15, 0.2) is 0 Å². The molecule has 0 aromatic rings. The molecule has 0 N–H and O–H groups in total. The summed E-state index contributed by atoms with van der Waals surface area (Å²) in [6.45, 7) is 5.44. The SMILES string of the molecule is CCC/C=C/[C@H]1CC[C@H]([C@H]2CC[C@H](OCCC)CC2)CC1. The average Bonchev–Trinajstić information content (AvgIpc) is 2.54. The smallest absolute Gasteiger partial charge is 0.0575 e. The maximum Gasteiger partial charge on any atom is 0.0575 e. The average molecular weight is 293 g/mol. The van der Waals surface area contributed by atoms with Gasteiger partial charge < -0.3 is 4.74 Å². The van der Waals surface area contributed by atoms with Gasteiger partial charge in [0.05, 0.1) is 6.10 Å². The van der Waals surface area contributed by atoms with Crippen molar-refractivity contribution in [2.45, 2.75) is 90.6 Å². The third kappa shape index (κ3) is 5.77. The van der Waals surface area contributed by atoms with Gasteiger partial charge in [0.25, 0.3) is 0 Å². The Bertz CT molecular complexity index is 280. The topological polar surface area (TPSA) is 9.23 Å². The molecule has 0 heterocycles. The summed E-state index contributed by atoms with van der Waals surface area (Å²) in [4.78, 5) is 0. The summed E-state index contributed by atoms with van der Waals surface area (Å²) < 4.78 is 5.93. The quantitative estimate of drug-likeness (QED) is 0.512. The first-order valence-corrected chi connectivity index (χ1v) is 9.61. The molecule has 122 valence electrons. The van der Waals surface area contributed by atoms with Gasteiger partial charge in [-0.15, -0.1) is 0 Å². The minimum atomic E-state index is 0.578. The van der Waals surface area contributed by atoms with E-state index in [1.165, 1.54) is 64.2 Å². The fourth-order valence-corrected chi connectivity index (χ4v) is 4.28. The Balaban J connectivity index is 1.64. The molecule has 0 spiro atoms. The number of hydrogen-bond acceptors (Lipinski definition) is 1. The number of allylic oxidation sites excluding steroid dienone is 2. The maximum absolute atomic E-state index is 5.93. The van der Waals surface area contributed by atoms with Crippen LogP contribution in [0, 0.1) is 17.8 Å². The molecule has 0 aromatic carbocycles. The summed E-state index contributed by atoms with van der Waals surface area (Å²) in [7, 11) is 0. The molecule has 0 radical (unpaired) electrons. The van der Waals surface area contributed by atoms with Crippen LogP contribution in [0.25, 0.3) is 0 Å². The van der Waals surface area contributed by atoms with Crippen LogP contribution in [0.5, 0.6) is 0 Å². The van der Waals surface area contributed by atoms with Crippen molar-refractivity contribution in [2.75, 3.05) is 6.61 Å². The van der Waals surface area contributed by atoms with Gasteiger partial charge in [0.1, 0.15) is 0 Å². The molecule has 0 atom stereocenters. The highest BCUT2D eigenvalue weighted by Gasteiger charge is 2.30. The van der Waals surface area contributed by atoms with E-state index in [1.54, 1.807) is 0 Å². The molecule has 0 aromatic heterocycles. The molecule has 2 aliphatic carbocycles. The fraction of sp³-hybridized carbons (Fsp3) is 0.900. The Morgan fingerprint density at radius 1 is 0.810 bits per heavy atom. The van der Waals surface area contributed by atoms with Gasteiger partial charge in [-0.1, -0.05) is 32.4 Å². The van der Waals surface area contributed by atoms with Gasteiger partial charge >= 0.3 is 0 Å². The first kappa shape index (κ1) is 17.1. The van der Waals surface area contributed by atoms with E-state index in [0.717, 1.165) is 30.8 Å². The summed E-state index contributed by atoms with van der Waals surface area (Å²) in [5, 5.41) is 0. The lowest BCUT2D eigenvalue weighted by Crippen LogP contribution is -2.28. The van der Waals surface area contributed by atoms with Crippen molar-refractivity contribution in [1.82, 2.24) is 0 Å². The zero-order chi connectivity index (χ0) is 14.9. The van der Waals surface area contributed by atoms with Gasteiger partial charge in [-0.2, -0.15) is 0 Å². The van der Waals surface area contributed by atoms with Crippen LogP contribution in [-0.4, -0.2) is 12.7 Å². The third-order valence-electron chi connectivity index (χ3n) is 5.62. The Hall–Kier alpha value is -0.300. The molecule has 2 aliphatic rings. The summed E-state index contributed by atoms with van der Waals surface area (Å²) in [5.74, 6) is 2.91. The standard InChI is InChI=1S/C20H36O/c1-3-5-6-7-17-8-10-18(11-9-17)19-12-14-20(15-13-19)21-16-4-2/h6-7,17-20H,3-5,8-16H2,1-2H3/b7-6+/t17-,18-,19-,20-. The Kier molecular flexibility index (Phi) is 7.85. The number of ether oxygens (including phenoxy) is 1. The third-order valence-corrected chi connectivity index (χ3v) is 5.62. The second-order valence-electron chi connectivity index (χ2n) is 7.30. The maximum atomic E-state index is 5.93.